The first-order valence-electron chi connectivity index (χ1n) is 12.0. The molecule has 0 spiro atoms. The number of hydrogen-bond acceptors (Lipinski definition) is 5. The van der Waals surface area contributed by atoms with E-state index in [0.29, 0.717) is 5.06 Å². The Hall–Kier alpha value is -1.69. The molecule has 6 heteroatoms. The van der Waals surface area contributed by atoms with E-state index in [9.17, 15) is 19.5 Å². The summed E-state index contributed by atoms with van der Waals surface area (Å²) in [6.07, 6.45) is 19.9. The van der Waals surface area contributed by atoms with Gasteiger partial charge in [-0.15, -0.1) is 5.06 Å². The second kappa shape index (κ2) is 17.0. The van der Waals surface area contributed by atoms with Gasteiger partial charge >= 0.3 is 5.97 Å². The van der Waals surface area contributed by atoms with Gasteiger partial charge in [0.05, 0.1) is 6.10 Å². The molecule has 0 aromatic heterocycles. The molecule has 1 N–H and O–H groups in total. The Labute approximate surface area is 182 Å². The van der Waals surface area contributed by atoms with E-state index in [1.807, 2.05) is 6.08 Å². The van der Waals surface area contributed by atoms with Crippen molar-refractivity contribution in [1.29, 1.82) is 0 Å². The number of allylic oxidation sites excluding steroid dienone is 1. The summed E-state index contributed by atoms with van der Waals surface area (Å²) in [5.41, 5.74) is 0. The molecule has 0 aromatic carbocycles. The lowest BCUT2D eigenvalue weighted by molar-refractivity contribution is -0.197. The van der Waals surface area contributed by atoms with Crippen LogP contribution in [0, 0.1) is 0 Å². The molecular weight excluding hydrogens is 382 g/mol. The molecule has 2 amide bonds. The minimum Gasteiger partial charge on any atom is -0.389 e. The quantitative estimate of drug-likeness (QED) is 0.182. The lowest BCUT2D eigenvalue weighted by Gasteiger charge is -2.12. The maximum absolute atomic E-state index is 11.7. The van der Waals surface area contributed by atoms with Gasteiger partial charge in [-0.05, 0) is 25.7 Å². The summed E-state index contributed by atoms with van der Waals surface area (Å²) in [6.45, 7) is 2.14. The van der Waals surface area contributed by atoms with Crippen LogP contribution in [0.1, 0.15) is 116 Å². The van der Waals surface area contributed by atoms with Gasteiger partial charge in [-0.2, -0.15) is 0 Å². The summed E-state index contributed by atoms with van der Waals surface area (Å²) < 4.78 is 0. The molecule has 1 rings (SSSR count). The summed E-state index contributed by atoms with van der Waals surface area (Å²) in [5.74, 6) is -1.35. The summed E-state index contributed by atoms with van der Waals surface area (Å²) in [4.78, 5) is 39.3. The van der Waals surface area contributed by atoms with Gasteiger partial charge in [0.1, 0.15) is 0 Å². The van der Waals surface area contributed by atoms with E-state index in [-0.39, 0.29) is 25.4 Å². The van der Waals surface area contributed by atoms with Crippen LogP contribution in [0.3, 0.4) is 0 Å². The highest BCUT2D eigenvalue weighted by molar-refractivity contribution is 6.01. The molecule has 0 unspecified atom stereocenters. The Morgan fingerprint density at radius 1 is 0.933 bits per heavy atom. The number of aliphatic hydroxyl groups is 1. The average molecular weight is 424 g/mol. The zero-order valence-corrected chi connectivity index (χ0v) is 18.8. The van der Waals surface area contributed by atoms with Gasteiger partial charge in [-0.25, -0.2) is 4.79 Å². The number of carbonyl (C=O) groups excluding carboxylic acids is 3. The molecular formula is C24H41NO5. The van der Waals surface area contributed by atoms with Crippen LogP contribution in [0.4, 0.5) is 0 Å². The van der Waals surface area contributed by atoms with E-state index in [1.54, 1.807) is 0 Å². The third-order valence-corrected chi connectivity index (χ3v) is 5.41. The number of rotatable bonds is 18. The molecule has 1 aliphatic rings. The molecule has 1 aliphatic heterocycles. The zero-order chi connectivity index (χ0) is 22.0. The topological polar surface area (TPSA) is 83.9 Å². The summed E-state index contributed by atoms with van der Waals surface area (Å²) in [7, 11) is 0. The highest BCUT2D eigenvalue weighted by Gasteiger charge is 2.32. The van der Waals surface area contributed by atoms with Crippen LogP contribution in [-0.2, 0) is 19.2 Å². The van der Waals surface area contributed by atoms with Crippen molar-refractivity contribution in [3.05, 3.63) is 12.2 Å². The Balaban J connectivity index is 1.83. The number of imide groups is 1. The molecule has 0 aromatic rings. The second-order valence-electron chi connectivity index (χ2n) is 8.26. The lowest BCUT2D eigenvalue weighted by atomic mass is 10.0. The lowest BCUT2D eigenvalue weighted by Crippen LogP contribution is -2.31. The average Bonchev–Trinajstić information content (AvgIpc) is 3.04. The van der Waals surface area contributed by atoms with Gasteiger partial charge in [0, 0.05) is 19.3 Å². The third-order valence-electron chi connectivity index (χ3n) is 5.41. The predicted molar refractivity (Wildman–Crippen MR) is 117 cm³/mol. The first-order chi connectivity index (χ1) is 14.5. The first-order valence-corrected chi connectivity index (χ1v) is 12.0. The van der Waals surface area contributed by atoms with Crippen molar-refractivity contribution in [1.82, 2.24) is 5.06 Å². The summed E-state index contributed by atoms with van der Waals surface area (Å²) in [6, 6.07) is 0. The fraction of sp³-hybridized carbons (Fsp3) is 0.792. The molecule has 1 saturated heterocycles. The number of unbranched alkanes of at least 4 members (excludes halogenated alkanes) is 11. The van der Waals surface area contributed by atoms with Crippen molar-refractivity contribution < 1.29 is 24.3 Å². The van der Waals surface area contributed by atoms with Gasteiger partial charge in [-0.1, -0.05) is 83.3 Å². The number of nitrogens with zero attached hydrogens (tertiary/aromatic N) is 1. The van der Waals surface area contributed by atoms with Gasteiger partial charge in [-0.3, -0.25) is 9.59 Å². The van der Waals surface area contributed by atoms with Crippen molar-refractivity contribution in [2.24, 2.45) is 0 Å². The Kier molecular flexibility index (Phi) is 15.0. The molecule has 0 aliphatic carbocycles. The fourth-order valence-electron chi connectivity index (χ4n) is 3.51. The largest absolute Gasteiger partial charge is 0.389 e. The van der Waals surface area contributed by atoms with Crippen LogP contribution in [0.5, 0.6) is 0 Å². The monoisotopic (exact) mass is 423 g/mol. The number of hydrogen-bond donors (Lipinski definition) is 1. The molecule has 0 radical (unpaired) electrons. The molecule has 0 bridgehead atoms. The Morgan fingerprint density at radius 3 is 2.03 bits per heavy atom. The van der Waals surface area contributed by atoms with Gasteiger partial charge in [0.25, 0.3) is 11.8 Å². The number of hydroxylamine groups is 2. The smallest absolute Gasteiger partial charge is 0.333 e. The van der Waals surface area contributed by atoms with Crippen molar-refractivity contribution in [3.63, 3.8) is 0 Å². The van der Waals surface area contributed by atoms with Crippen LogP contribution in [0.2, 0.25) is 0 Å². The van der Waals surface area contributed by atoms with Crippen LogP contribution in [-0.4, -0.2) is 34.1 Å². The molecule has 172 valence electrons. The summed E-state index contributed by atoms with van der Waals surface area (Å²) >= 11 is 0. The standard InChI is InChI=1S/C24H41NO5/c1-2-3-16-21(26)17-14-12-10-8-6-4-5-7-9-11-13-15-18-24(29)30-25-22(27)19-20-23(25)28/h14,17,21,26H,2-13,15-16,18-20H2,1H3/b17-14-/t21-/m1/s1. The molecule has 1 fully saturated rings. The minimum atomic E-state index is -0.496. The van der Waals surface area contributed by atoms with Crippen LogP contribution in [0.25, 0.3) is 0 Å². The van der Waals surface area contributed by atoms with E-state index in [4.69, 9.17) is 4.84 Å². The van der Waals surface area contributed by atoms with Crippen LogP contribution >= 0.6 is 0 Å². The predicted octanol–water partition coefficient (Wildman–Crippen LogP) is 5.38. The molecule has 30 heavy (non-hydrogen) atoms. The minimum absolute atomic E-state index is 0.131. The van der Waals surface area contributed by atoms with E-state index >= 15 is 0 Å². The molecule has 1 heterocycles. The Bertz CT molecular complexity index is 516. The highest BCUT2D eigenvalue weighted by Crippen LogP contribution is 2.15. The van der Waals surface area contributed by atoms with Gasteiger partial charge in [0.15, 0.2) is 0 Å². The maximum atomic E-state index is 11.7. The normalized spacial score (nSPS) is 15.3. The van der Waals surface area contributed by atoms with Crippen LogP contribution in [0.15, 0.2) is 12.2 Å². The third kappa shape index (κ3) is 12.8. The first kappa shape index (κ1) is 26.3. The highest BCUT2D eigenvalue weighted by atomic mass is 16.7. The van der Waals surface area contributed by atoms with Gasteiger partial charge < -0.3 is 9.94 Å². The number of aliphatic hydroxyl groups excluding tert-OH is 1. The van der Waals surface area contributed by atoms with Crippen molar-refractivity contribution in [2.75, 3.05) is 0 Å². The van der Waals surface area contributed by atoms with Crippen molar-refractivity contribution in [3.8, 4) is 0 Å². The van der Waals surface area contributed by atoms with Crippen LogP contribution < -0.4 is 0 Å². The van der Waals surface area contributed by atoms with E-state index < -0.39 is 17.8 Å². The van der Waals surface area contributed by atoms with E-state index in [1.165, 1.54) is 44.9 Å². The second-order valence-corrected chi connectivity index (χ2v) is 8.26. The molecule has 1 atom stereocenters. The molecule has 6 nitrogen and oxygen atoms in total. The number of carbonyl (C=O) groups is 3. The zero-order valence-electron chi connectivity index (χ0n) is 18.8. The molecule has 0 saturated carbocycles. The van der Waals surface area contributed by atoms with Crippen molar-refractivity contribution in [2.45, 2.75) is 122 Å². The van der Waals surface area contributed by atoms with E-state index in [2.05, 4.69) is 13.0 Å². The Morgan fingerprint density at radius 2 is 1.47 bits per heavy atom. The van der Waals surface area contributed by atoms with Crippen molar-refractivity contribution >= 4 is 17.8 Å². The number of amides is 2. The fourth-order valence-corrected chi connectivity index (χ4v) is 3.51. The summed E-state index contributed by atoms with van der Waals surface area (Å²) in [5, 5.41) is 10.3. The SMILES string of the molecule is CCCC[C@@H](O)/C=C\CCCCCCCCCCCCC(=O)ON1C(=O)CCC1=O. The maximum Gasteiger partial charge on any atom is 0.333 e. The van der Waals surface area contributed by atoms with Gasteiger partial charge in [0.2, 0.25) is 0 Å². The van der Waals surface area contributed by atoms with E-state index in [0.717, 1.165) is 44.9 Å².